The number of hydrogen-bond donors (Lipinski definition) is 1. The molecule has 150 valence electrons. The zero-order chi connectivity index (χ0) is 20.1. The van der Waals surface area contributed by atoms with E-state index in [1.807, 2.05) is 23.1 Å². The van der Waals surface area contributed by atoms with Crippen LogP contribution in [0.25, 0.3) is 0 Å². The van der Waals surface area contributed by atoms with E-state index in [0.717, 1.165) is 19.6 Å². The topological polar surface area (TPSA) is 35.6 Å². The summed E-state index contributed by atoms with van der Waals surface area (Å²) < 4.78 is 11.4. The summed E-state index contributed by atoms with van der Waals surface area (Å²) in [4.78, 5) is 16.8. The van der Waals surface area contributed by atoms with Gasteiger partial charge in [0.1, 0.15) is 12.0 Å². The summed E-state index contributed by atoms with van der Waals surface area (Å²) >= 11 is 18.5. The van der Waals surface area contributed by atoms with Gasteiger partial charge in [-0.15, -0.1) is 0 Å². The molecule has 0 radical (unpaired) electrons. The lowest BCUT2D eigenvalue weighted by atomic mass is 10.2. The lowest BCUT2D eigenvalue weighted by Gasteiger charge is -2.41. The number of halogens is 4. The Morgan fingerprint density at radius 2 is 1.61 bits per heavy atom. The highest BCUT2D eigenvalue weighted by molar-refractivity contribution is 6.68. The Hall–Kier alpha value is -1.37. The van der Waals surface area contributed by atoms with E-state index in [1.165, 1.54) is 29.8 Å². The maximum atomic E-state index is 13.1. The van der Waals surface area contributed by atoms with E-state index in [4.69, 9.17) is 34.8 Å². The van der Waals surface area contributed by atoms with Gasteiger partial charge in [-0.25, -0.2) is 4.39 Å². The van der Waals surface area contributed by atoms with Gasteiger partial charge in [-0.05, 0) is 29.8 Å². The van der Waals surface area contributed by atoms with Crippen LogP contribution >= 0.6 is 34.8 Å². The minimum Gasteiger partial charge on any atom is -0.332 e. The van der Waals surface area contributed by atoms with Crippen LogP contribution in [0.3, 0.4) is 0 Å². The fraction of sp³-hybridized carbons (Fsp3) is 0.350. The number of alkyl halides is 3. The number of amides is 1. The first-order chi connectivity index (χ1) is 13.3. The fourth-order valence-electron chi connectivity index (χ4n) is 3.21. The van der Waals surface area contributed by atoms with E-state index >= 15 is 0 Å². The second-order valence-electron chi connectivity index (χ2n) is 6.72. The molecule has 1 heterocycles. The van der Waals surface area contributed by atoms with Crippen LogP contribution in [0.15, 0.2) is 54.6 Å². The minimum atomic E-state index is -1.70. The number of nitrogens with zero attached hydrogens (tertiary/aromatic N) is 2. The summed E-state index contributed by atoms with van der Waals surface area (Å²) in [5.74, 6) is -0.827. The molecule has 1 saturated heterocycles. The molecule has 0 unspecified atom stereocenters. The Bertz CT molecular complexity index is 776. The van der Waals surface area contributed by atoms with Crippen molar-refractivity contribution in [2.45, 2.75) is 16.5 Å². The molecule has 4 nitrogen and oxygen atoms in total. The van der Waals surface area contributed by atoms with E-state index in [1.54, 1.807) is 0 Å². The van der Waals surface area contributed by atoms with Crippen LogP contribution in [0.4, 0.5) is 4.39 Å². The first kappa shape index (κ1) is 21.3. The quantitative estimate of drug-likeness (QED) is 0.706. The number of hydrogen-bond acceptors (Lipinski definition) is 3. The van der Waals surface area contributed by atoms with Crippen molar-refractivity contribution in [3.05, 3.63) is 71.5 Å². The van der Waals surface area contributed by atoms with Crippen LogP contribution in [-0.4, -0.2) is 51.8 Å². The molecule has 0 bridgehead atoms. The molecule has 2 aromatic carbocycles. The summed E-state index contributed by atoms with van der Waals surface area (Å²) in [5.41, 5.74) is 1.56. The number of piperazine rings is 1. The molecule has 0 spiro atoms. The summed E-state index contributed by atoms with van der Waals surface area (Å²) in [7, 11) is 0. The van der Waals surface area contributed by atoms with Gasteiger partial charge in [0.25, 0.3) is 5.91 Å². The largest absolute Gasteiger partial charge is 0.332 e. The van der Waals surface area contributed by atoms with Gasteiger partial charge in [0.05, 0.1) is 0 Å². The van der Waals surface area contributed by atoms with Crippen LogP contribution in [-0.2, 0) is 6.54 Å². The maximum absolute atomic E-state index is 13.1. The van der Waals surface area contributed by atoms with E-state index in [9.17, 15) is 9.18 Å². The predicted molar refractivity (Wildman–Crippen MR) is 111 cm³/mol. The molecule has 2 aromatic rings. The highest BCUT2D eigenvalue weighted by atomic mass is 35.6. The highest BCUT2D eigenvalue weighted by Crippen LogP contribution is 2.33. The SMILES string of the molecule is O=C(N[C@H](N1CCN(Cc2ccccc2)CC1)C(Cl)(Cl)Cl)c1ccc(F)cc1. The molecule has 0 aromatic heterocycles. The molecule has 1 fully saturated rings. The minimum absolute atomic E-state index is 0.309. The van der Waals surface area contributed by atoms with Crippen molar-refractivity contribution in [2.24, 2.45) is 0 Å². The van der Waals surface area contributed by atoms with Crippen molar-refractivity contribution >= 4 is 40.7 Å². The lowest BCUT2D eigenvalue weighted by Crippen LogP contribution is -2.60. The average Bonchev–Trinajstić information content (AvgIpc) is 2.67. The van der Waals surface area contributed by atoms with Crippen molar-refractivity contribution in [1.29, 1.82) is 0 Å². The molecule has 0 saturated carbocycles. The smallest absolute Gasteiger partial charge is 0.252 e. The Labute approximate surface area is 179 Å². The number of carbonyl (C=O) groups is 1. The second-order valence-corrected chi connectivity index (χ2v) is 9.09. The van der Waals surface area contributed by atoms with Gasteiger partial charge in [-0.3, -0.25) is 14.6 Å². The summed E-state index contributed by atoms with van der Waals surface area (Å²) in [5, 5.41) is 2.78. The van der Waals surface area contributed by atoms with Crippen LogP contribution in [0, 0.1) is 5.82 Å². The Morgan fingerprint density at radius 3 is 2.18 bits per heavy atom. The second kappa shape index (κ2) is 9.42. The molecular formula is C20H21Cl3FN3O. The number of rotatable bonds is 5. The van der Waals surface area contributed by atoms with E-state index in [0.29, 0.717) is 18.7 Å². The molecule has 1 N–H and O–H groups in total. The van der Waals surface area contributed by atoms with Crippen molar-refractivity contribution in [2.75, 3.05) is 26.2 Å². The van der Waals surface area contributed by atoms with Gasteiger partial charge in [0.15, 0.2) is 0 Å². The van der Waals surface area contributed by atoms with Crippen LogP contribution in [0.5, 0.6) is 0 Å². The molecule has 1 aliphatic heterocycles. The van der Waals surface area contributed by atoms with Gasteiger partial charge >= 0.3 is 0 Å². The van der Waals surface area contributed by atoms with Gasteiger partial charge in [0.2, 0.25) is 3.79 Å². The maximum Gasteiger partial charge on any atom is 0.252 e. The molecule has 1 amide bonds. The van der Waals surface area contributed by atoms with Crippen molar-refractivity contribution < 1.29 is 9.18 Å². The van der Waals surface area contributed by atoms with Crippen LogP contribution < -0.4 is 5.32 Å². The first-order valence-electron chi connectivity index (χ1n) is 8.96. The molecule has 0 aliphatic carbocycles. The average molecular weight is 445 g/mol. The molecule has 28 heavy (non-hydrogen) atoms. The van der Waals surface area contributed by atoms with Crippen molar-refractivity contribution in [3.63, 3.8) is 0 Å². The highest BCUT2D eigenvalue weighted by Gasteiger charge is 2.39. The summed E-state index contributed by atoms with van der Waals surface area (Å²) in [6.45, 7) is 3.73. The lowest BCUT2D eigenvalue weighted by molar-refractivity contribution is 0.0658. The monoisotopic (exact) mass is 443 g/mol. The molecule has 1 aliphatic rings. The third kappa shape index (κ3) is 5.82. The molecule has 8 heteroatoms. The van der Waals surface area contributed by atoms with Gasteiger partial charge in [-0.1, -0.05) is 65.1 Å². The third-order valence-corrected chi connectivity index (χ3v) is 5.33. The first-order valence-corrected chi connectivity index (χ1v) is 10.1. The van der Waals surface area contributed by atoms with Crippen molar-refractivity contribution in [3.8, 4) is 0 Å². The number of carbonyl (C=O) groups excluding carboxylic acids is 1. The van der Waals surface area contributed by atoms with Gasteiger partial charge in [0, 0.05) is 38.3 Å². The van der Waals surface area contributed by atoms with Crippen molar-refractivity contribution in [1.82, 2.24) is 15.1 Å². The Kier molecular flexibility index (Phi) is 7.18. The standard InChI is InChI=1S/C20H21Cl3FN3O/c21-20(22,23)19(25-18(28)16-6-8-17(24)9-7-16)27-12-10-26(11-13-27)14-15-4-2-1-3-5-15/h1-9,19H,10-14H2,(H,25,28)/t19-/m1/s1. The normalized spacial score (nSPS) is 17.3. The number of nitrogens with one attached hydrogen (secondary N) is 1. The predicted octanol–water partition coefficient (Wildman–Crippen LogP) is 4.07. The van der Waals surface area contributed by atoms with Gasteiger partial charge < -0.3 is 5.32 Å². The van der Waals surface area contributed by atoms with E-state index < -0.39 is 21.7 Å². The van der Waals surface area contributed by atoms with Crippen LogP contribution in [0.1, 0.15) is 15.9 Å². The van der Waals surface area contributed by atoms with E-state index in [2.05, 4.69) is 22.3 Å². The van der Waals surface area contributed by atoms with Crippen LogP contribution in [0.2, 0.25) is 0 Å². The zero-order valence-electron chi connectivity index (χ0n) is 15.1. The zero-order valence-corrected chi connectivity index (χ0v) is 17.4. The summed E-state index contributed by atoms with van der Waals surface area (Å²) in [6, 6.07) is 15.5. The van der Waals surface area contributed by atoms with Gasteiger partial charge in [-0.2, -0.15) is 0 Å². The Balaban J connectivity index is 1.61. The van der Waals surface area contributed by atoms with E-state index in [-0.39, 0.29) is 0 Å². The molecular weight excluding hydrogens is 424 g/mol. The number of benzene rings is 2. The molecule has 1 atom stereocenters. The summed E-state index contributed by atoms with van der Waals surface area (Å²) in [6.07, 6.45) is -0.783. The fourth-order valence-corrected chi connectivity index (χ4v) is 3.79. The molecule has 3 rings (SSSR count). The Morgan fingerprint density at radius 1 is 1.00 bits per heavy atom. The third-order valence-electron chi connectivity index (χ3n) is 4.71.